The number of hydrogen-bond donors (Lipinski definition) is 1. The molecule has 1 atom stereocenters. The third-order valence-corrected chi connectivity index (χ3v) is 4.26. The van der Waals surface area contributed by atoms with Crippen LogP contribution in [0.15, 0.2) is 59.4 Å². The first-order valence-electron chi connectivity index (χ1n) is 8.86. The number of aromatic nitrogens is 3. The second kappa shape index (κ2) is 8.55. The highest BCUT2D eigenvalue weighted by Gasteiger charge is 2.16. The molecule has 0 fully saturated rings. The van der Waals surface area contributed by atoms with Gasteiger partial charge >= 0.3 is 0 Å². The summed E-state index contributed by atoms with van der Waals surface area (Å²) in [4.78, 5) is 26.9. The number of nitrogens with one attached hydrogen (secondary N) is 1. The molecule has 1 heterocycles. The van der Waals surface area contributed by atoms with Crippen LogP contribution >= 0.6 is 0 Å². The van der Waals surface area contributed by atoms with E-state index in [0.717, 1.165) is 5.56 Å². The second-order valence-electron chi connectivity index (χ2n) is 6.68. The summed E-state index contributed by atoms with van der Waals surface area (Å²) < 4.78 is 1.24. The van der Waals surface area contributed by atoms with Gasteiger partial charge in [-0.25, -0.2) is 4.68 Å². The maximum Gasteiger partial charge on any atom is 0.277 e. The fourth-order valence-electron chi connectivity index (χ4n) is 2.93. The summed E-state index contributed by atoms with van der Waals surface area (Å²) in [7, 11) is 3.93. The van der Waals surface area contributed by atoms with Crippen LogP contribution in [0, 0.1) is 0 Å². The fraction of sp³-hybridized carbons (Fsp3) is 0.300. The first-order valence-corrected chi connectivity index (χ1v) is 8.86. The highest BCUT2D eigenvalue weighted by atomic mass is 16.2. The topological polar surface area (TPSA) is 80.1 Å². The lowest BCUT2D eigenvalue weighted by atomic mass is 10.1. The molecule has 3 aromatic rings. The SMILES string of the molecule is CN(C)CC(NC(=O)CCn1nnc2ccccc2c1=O)c1ccccc1. The number of amides is 1. The van der Waals surface area contributed by atoms with E-state index in [9.17, 15) is 9.59 Å². The van der Waals surface area contributed by atoms with Gasteiger partial charge in [-0.3, -0.25) is 9.59 Å². The van der Waals surface area contributed by atoms with E-state index in [-0.39, 0.29) is 30.5 Å². The zero-order valence-electron chi connectivity index (χ0n) is 15.5. The molecule has 0 spiro atoms. The number of carbonyl (C=O) groups is 1. The Kier molecular flexibility index (Phi) is 5.93. The summed E-state index contributed by atoms with van der Waals surface area (Å²) in [5, 5.41) is 11.5. The van der Waals surface area contributed by atoms with Gasteiger partial charge in [0.2, 0.25) is 5.91 Å². The molecule has 2 aromatic carbocycles. The number of rotatable bonds is 7. The van der Waals surface area contributed by atoms with Crippen LogP contribution in [0.4, 0.5) is 0 Å². The van der Waals surface area contributed by atoms with Crippen molar-refractivity contribution >= 4 is 16.8 Å². The Hall–Kier alpha value is -3.06. The van der Waals surface area contributed by atoms with Gasteiger partial charge in [0, 0.05) is 13.0 Å². The number of likely N-dealkylation sites (N-methyl/N-ethyl adjacent to an activating group) is 1. The lowest BCUT2D eigenvalue weighted by Crippen LogP contribution is -2.36. The number of hydrogen-bond acceptors (Lipinski definition) is 5. The molecule has 1 aromatic heterocycles. The van der Waals surface area contributed by atoms with Gasteiger partial charge in [0.25, 0.3) is 5.56 Å². The molecule has 0 saturated heterocycles. The van der Waals surface area contributed by atoms with Crippen LogP contribution in [-0.4, -0.2) is 46.4 Å². The molecule has 140 valence electrons. The first-order chi connectivity index (χ1) is 13.0. The van der Waals surface area contributed by atoms with E-state index in [1.807, 2.05) is 55.4 Å². The summed E-state index contributed by atoms with van der Waals surface area (Å²) in [5.41, 5.74) is 1.36. The number of aryl methyl sites for hydroxylation is 1. The molecule has 0 radical (unpaired) electrons. The van der Waals surface area contributed by atoms with Crippen molar-refractivity contribution in [3.63, 3.8) is 0 Å². The van der Waals surface area contributed by atoms with Crippen molar-refractivity contribution in [3.05, 3.63) is 70.5 Å². The molecule has 1 N–H and O–H groups in total. The Labute approximate surface area is 157 Å². The van der Waals surface area contributed by atoms with Crippen LogP contribution in [0.25, 0.3) is 10.9 Å². The number of benzene rings is 2. The van der Waals surface area contributed by atoms with Crippen LogP contribution in [0.3, 0.4) is 0 Å². The molecular weight excluding hydrogens is 342 g/mol. The molecule has 0 aliphatic heterocycles. The van der Waals surface area contributed by atoms with E-state index in [4.69, 9.17) is 0 Å². The summed E-state index contributed by atoms with van der Waals surface area (Å²) in [6.45, 7) is 0.872. The van der Waals surface area contributed by atoms with Crippen LogP contribution in [0.5, 0.6) is 0 Å². The molecule has 0 aliphatic rings. The molecule has 27 heavy (non-hydrogen) atoms. The van der Waals surface area contributed by atoms with E-state index in [2.05, 4.69) is 15.6 Å². The van der Waals surface area contributed by atoms with E-state index < -0.39 is 0 Å². The Morgan fingerprint density at radius 1 is 1.11 bits per heavy atom. The van der Waals surface area contributed by atoms with Crippen LogP contribution in [0.1, 0.15) is 18.0 Å². The summed E-state index contributed by atoms with van der Waals surface area (Å²) in [5.74, 6) is -0.132. The number of carbonyl (C=O) groups excluding carboxylic acids is 1. The average Bonchev–Trinajstić information content (AvgIpc) is 2.67. The highest BCUT2D eigenvalue weighted by Crippen LogP contribution is 2.13. The lowest BCUT2D eigenvalue weighted by Gasteiger charge is -2.23. The summed E-state index contributed by atoms with van der Waals surface area (Å²) in [6.07, 6.45) is 0.156. The average molecular weight is 365 g/mol. The third-order valence-electron chi connectivity index (χ3n) is 4.26. The van der Waals surface area contributed by atoms with E-state index >= 15 is 0 Å². The van der Waals surface area contributed by atoms with Gasteiger partial charge in [0.15, 0.2) is 0 Å². The molecule has 1 amide bonds. The van der Waals surface area contributed by atoms with Crippen LogP contribution < -0.4 is 10.9 Å². The second-order valence-corrected chi connectivity index (χ2v) is 6.68. The molecule has 3 rings (SSSR count). The van der Waals surface area contributed by atoms with Crippen molar-refractivity contribution in [2.75, 3.05) is 20.6 Å². The molecule has 0 saturated carbocycles. The predicted octanol–water partition coefficient (Wildman–Crippen LogP) is 1.60. The lowest BCUT2D eigenvalue weighted by molar-refractivity contribution is -0.122. The normalized spacial score (nSPS) is 12.3. The maximum atomic E-state index is 12.5. The van der Waals surface area contributed by atoms with Gasteiger partial charge in [0.05, 0.1) is 18.0 Å². The van der Waals surface area contributed by atoms with Crippen molar-refractivity contribution in [1.29, 1.82) is 0 Å². The quantitative estimate of drug-likeness (QED) is 0.688. The molecule has 7 heteroatoms. The standard InChI is InChI=1S/C20H23N5O2/c1-24(2)14-18(15-8-4-3-5-9-15)21-19(26)12-13-25-20(27)16-10-6-7-11-17(16)22-23-25/h3-11,18H,12-14H2,1-2H3,(H,21,26). The number of fused-ring (bicyclic) bond motifs is 1. The molecular formula is C20H23N5O2. The third kappa shape index (κ3) is 4.77. The Balaban J connectivity index is 1.68. The van der Waals surface area contributed by atoms with Crippen LogP contribution in [0.2, 0.25) is 0 Å². The minimum absolute atomic E-state index is 0.117. The van der Waals surface area contributed by atoms with Gasteiger partial charge in [-0.1, -0.05) is 47.7 Å². The zero-order chi connectivity index (χ0) is 19.2. The number of nitrogens with zero attached hydrogens (tertiary/aromatic N) is 4. The van der Waals surface area contributed by atoms with E-state index in [1.165, 1.54) is 4.68 Å². The van der Waals surface area contributed by atoms with Gasteiger partial charge in [-0.15, -0.1) is 5.10 Å². The highest BCUT2D eigenvalue weighted by molar-refractivity contribution is 5.77. The Morgan fingerprint density at radius 2 is 1.81 bits per heavy atom. The summed E-state index contributed by atoms with van der Waals surface area (Å²) in [6, 6.07) is 16.8. The summed E-state index contributed by atoms with van der Waals surface area (Å²) >= 11 is 0. The van der Waals surface area contributed by atoms with Crippen molar-refractivity contribution in [2.45, 2.75) is 19.0 Å². The minimum atomic E-state index is -0.235. The Morgan fingerprint density at radius 3 is 2.56 bits per heavy atom. The van der Waals surface area contributed by atoms with E-state index in [1.54, 1.807) is 18.2 Å². The Bertz CT molecular complexity index is 969. The van der Waals surface area contributed by atoms with Crippen molar-refractivity contribution in [2.24, 2.45) is 0 Å². The van der Waals surface area contributed by atoms with Gasteiger partial charge < -0.3 is 10.2 Å². The largest absolute Gasteiger partial charge is 0.348 e. The molecule has 1 unspecified atom stereocenters. The smallest absolute Gasteiger partial charge is 0.277 e. The molecule has 7 nitrogen and oxygen atoms in total. The zero-order valence-corrected chi connectivity index (χ0v) is 15.5. The molecule has 0 aliphatic carbocycles. The molecule has 0 bridgehead atoms. The first kappa shape index (κ1) is 18.7. The monoisotopic (exact) mass is 365 g/mol. The van der Waals surface area contributed by atoms with E-state index in [0.29, 0.717) is 17.4 Å². The van der Waals surface area contributed by atoms with Gasteiger partial charge in [-0.2, -0.15) is 0 Å². The van der Waals surface area contributed by atoms with Crippen LogP contribution in [-0.2, 0) is 11.3 Å². The maximum absolute atomic E-state index is 12.5. The predicted molar refractivity (Wildman–Crippen MR) is 104 cm³/mol. The minimum Gasteiger partial charge on any atom is -0.348 e. The van der Waals surface area contributed by atoms with Crippen molar-refractivity contribution < 1.29 is 4.79 Å². The van der Waals surface area contributed by atoms with Crippen molar-refractivity contribution in [1.82, 2.24) is 25.2 Å². The fourth-order valence-corrected chi connectivity index (χ4v) is 2.93. The van der Waals surface area contributed by atoms with Gasteiger partial charge in [0.1, 0.15) is 5.52 Å². The van der Waals surface area contributed by atoms with Gasteiger partial charge in [-0.05, 0) is 31.8 Å². The van der Waals surface area contributed by atoms with Crippen molar-refractivity contribution in [3.8, 4) is 0 Å².